The third kappa shape index (κ3) is 3.37. The molecule has 36 heavy (non-hydrogen) atoms. The average Bonchev–Trinajstić information content (AvgIpc) is 3.41. The number of rotatable bonds is 5. The molecule has 5 nitrogen and oxygen atoms in total. The zero-order valence-electron chi connectivity index (χ0n) is 20.1. The molecule has 0 saturated carbocycles. The molecule has 0 spiro atoms. The van der Waals surface area contributed by atoms with Crippen LogP contribution in [-0.4, -0.2) is 32.3 Å². The Balaban J connectivity index is 1.61. The number of fused-ring (bicyclic) bond motifs is 1. The summed E-state index contributed by atoms with van der Waals surface area (Å²) in [6, 6.07) is 41.4. The van der Waals surface area contributed by atoms with Gasteiger partial charge in [-0.05, 0) is 0 Å². The van der Waals surface area contributed by atoms with Crippen LogP contribution >= 0.6 is 0 Å². The predicted molar refractivity (Wildman–Crippen MR) is 147 cm³/mol. The van der Waals surface area contributed by atoms with Gasteiger partial charge in [-0.25, -0.2) is 0 Å². The van der Waals surface area contributed by atoms with E-state index in [-0.39, 0.29) is 21.4 Å². The average molecular weight is 580 g/mol. The third-order valence-corrected chi connectivity index (χ3v) is 23.4. The molecule has 1 aliphatic heterocycles. The van der Waals surface area contributed by atoms with Gasteiger partial charge in [0.25, 0.3) is 0 Å². The van der Waals surface area contributed by atoms with E-state index < -0.39 is 18.4 Å². The second-order valence-corrected chi connectivity index (χ2v) is 21.1. The van der Waals surface area contributed by atoms with E-state index >= 15 is 0 Å². The number of hydrogen-bond acceptors (Lipinski definition) is 2. The molecule has 1 aliphatic rings. The number of nitrogens with zero attached hydrogens (tertiary/aromatic N) is 3. The summed E-state index contributed by atoms with van der Waals surface area (Å²) in [7, 11) is 0. The summed E-state index contributed by atoms with van der Waals surface area (Å²) in [6.45, 7) is 2.63. The van der Waals surface area contributed by atoms with Gasteiger partial charge in [0.15, 0.2) is 0 Å². The van der Waals surface area contributed by atoms with E-state index in [1.54, 1.807) is 9.36 Å². The van der Waals surface area contributed by atoms with Crippen molar-refractivity contribution in [3.05, 3.63) is 142 Å². The maximum absolute atomic E-state index is 13.7. The summed E-state index contributed by atoms with van der Waals surface area (Å²) in [5.41, 5.74) is 0.0695. The van der Waals surface area contributed by atoms with Crippen LogP contribution in [-0.2, 0) is 6.54 Å². The molecule has 0 saturated heterocycles. The van der Waals surface area contributed by atoms with Crippen LogP contribution in [0.1, 0.15) is 13.0 Å². The van der Waals surface area contributed by atoms with E-state index in [1.807, 2.05) is 30.3 Å². The topological polar surface area (TPSA) is 48.9 Å². The molecule has 0 radical (unpaired) electrons. The normalized spacial score (nSPS) is 17.1. The van der Waals surface area contributed by atoms with Gasteiger partial charge < -0.3 is 0 Å². The van der Waals surface area contributed by atoms with Gasteiger partial charge in [-0.2, -0.15) is 0 Å². The Morgan fingerprint density at radius 2 is 1.03 bits per heavy atom. The van der Waals surface area contributed by atoms with E-state index in [0.717, 1.165) is 0 Å². The van der Waals surface area contributed by atoms with Crippen molar-refractivity contribution < 1.29 is 0 Å². The summed E-state index contributed by atoms with van der Waals surface area (Å²) in [4.78, 5) is 27.3. The van der Waals surface area contributed by atoms with Crippen molar-refractivity contribution in [2.75, 3.05) is 0 Å². The quantitative estimate of drug-likeness (QED) is 0.301. The van der Waals surface area contributed by atoms with Gasteiger partial charge in [-0.15, -0.1) is 0 Å². The summed E-state index contributed by atoms with van der Waals surface area (Å²) in [6.07, 6.45) is 0. The Hall–Kier alpha value is -3.58. The standard InChI is InChI=1S/C12H12N3O2.3C6H5.Sn/c1-9-7-8-13-11(16)14(12(17)15(9)13)10-5-3-2-4-6-10;3*1-2-4-6-5-3-1;/h2-7,9H,8H2,1H3;3*1-5H;/t9-;;;;/m1..../s1. The Labute approximate surface area is 213 Å². The van der Waals surface area contributed by atoms with Crippen molar-refractivity contribution in [3.63, 3.8) is 0 Å². The zero-order valence-corrected chi connectivity index (χ0v) is 22.9. The van der Waals surface area contributed by atoms with Crippen LogP contribution in [0, 0.1) is 0 Å². The Morgan fingerprint density at radius 3 is 1.44 bits per heavy atom. The SMILES string of the molecule is C[C@@H]1[C@@H]([Sn]([c]2ccccc2)([c]2ccccc2)[c]2ccccc2)Cn2c(=O)n(-c3ccccc3)c(=O)n21. The first-order valence-corrected chi connectivity index (χ1v) is 18.2. The fraction of sp³-hybridized carbons (Fsp3) is 0.133. The maximum atomic E-state index is 13.7. The molecule has 0 fully saturated rings. The van der Waals surface area contributed by atoms with Crippen LogP contribution in [0.4, 0.5) is 0 Å². The molecule has 0 unspecified atom stereocenters. The Kier molecular flexibility index (Phi) is 5.80. The van der Waals surface area contributed by atoms with E-state index in [9.17, 15) is 9.59 Å². The molecule has 6 rings (SSSR count). The number of benzene rings is 4. The van der Waals surface area contributed by atoms with Crippen LogP contribution in [0.2, 0.25) is 3.93 Å². The molecule has 0 bridgehead atoms. The van der Waals surface area contributed by atoms with Crippen LogP contribution < -0.4 is 22.1 Å². The van der Waals surface area contributed by atoms with Gasteiger partial charge in [0.05, 0.1) is 0 Å². The van der Waals surface area contributed by atoms with Crippen molar-refractivity contribution in [2.24, 2.45) is 0 Å². The molecular formula is C30H27N3O2Sn. The Bertz CT molecular complexity index is 1510. The molecule has 0 N–H and O–H groups in total. The first kappa shape index (κ1) is 22.9. The summed E-state index contributed by atoms with van der Waals surface area (Å²) >= 11 is -3.77. The van der Waals surface area contributed by atoms with Gasteiger partial charge in [0, 0.05) is 0 Å². The van der Waals surface area contributed by atoms with Crippen LogP contribution in [0.5, 0.6) is 0 Å². The first-order chi connectivity index (χ1) is 17.6. The molecular weight excluding hydrogens is 553 g/mol. The second kappa shape index (κ2) is 9.13. The molecule has 2 atom stereocenters. The van der Waals surface area contributed by atoms with Gasteiger partial charge in [0.2, 0.25) is 0 Å². The molecule has 178 valence electrons. The number of para-hydroxylation sites is 1. The molecule has 4 aromatic carbocycles. The summed E-state index contributed by atoms with van der Waals surface area (Å²) in [5.74, 6) is 0. The van der Waals surface area contributed by atoms with Crippen LogP contribution in [0.15, 0.2) is 131 Å². The zero-order chi connectivity index (χ0) is 24.7. The summed E-state index contributed by atoms with van der Waals surface area (Å²) in [5, 5.41) is 0. The van der Waals surface area contributed by atoms with Gasteiger partial charge in [-0.3, -0.25) is 0 Å². The predicted octanol–water partition coefficient (Wildman–Crippen LogP) is 2.92. The van der Waals surface area contributed by atoms with Crippen LogP contribution in [0.3, 0.4) is 0 Å². The fourth-order valence-electron chi connectivity index (χ4n) is 6.11. The van der Waals surface area contributed by atoms with E-state index in [1.165, 1.54) is 15.3 Å². The second-order valence-electron chi connectivity index (χ2n) is 9.42. The molecule has 6 heteroatoms. The molecule has 0 aliphatic carbocycles. The Morgan fingerprint density at radius 1 is 0.611 bits per heavy atom. The molecule has 1 aromatic heterocycles. The minimum atomic E-state index is -3.77. The van der Waals surface area contributed by atoms with Crippen molar-refractivity contribution in [1.29, 1.82) is 0 Å². The van der Waals surface area contributed by atoms with Gasteiger partial charge in [-0.1, -0.05) is 0 Å². The van der Waals surface area contributed by atoms with E-state index in [4.69, 9.17) is 0 Å². The van der Waals surface area contributed by atoms with Crippen molar-refractivity contribution >= 4 is 29.1 Å². The van der Waals surface area contributed by atoms with Crippen LogP contribution in [0.25, 0.3) is 5.69 Å². The fourth-order valence-corrected chi connectivity index (χ4v) is 22.5. The minimum absolute atomic E-state index is 0.133. The van der Waals surface area contributed by atoms with Crippen molar-refractivity contribution in [3.8, 4) is 5.69 Å². The van der Waals surface area contributed by atoms with E-state index in [2.05, 4.69) is 97.9 Å². The van der Waals surface area contributed by atoms with Gasteiger partial charge in [0.1, 0.15) is 0 Å². The molecule has 2 heterocycles. The summed E-state index contributed by atoms with van der Waals surface area (Å²) < 4.78 is 8.88. The third-order valence-electron chi connectivity index (χ3n) is 7.66. The van der Waals surface area contributed by atoms with Gasteiger partial charge >= 0.3 is 214 Å². The molecule has 5 aromatic rings. The van der Waals surface area contributed by atoms with E-state index in [0.29, 0.717) is 12.2 Å². The monoisotopic (exact) mass is 581 g/mol. The van der Waals surface area contributed by atoms with Crippen molar-refractivity contribution in [1.82, 2.24) is 13.9 Å². The number of hydrogen-bond donors (Lipinski definition) is 0. The number of aromatic nitrogens is 3. The first-order valence-electron chi connectivity index (χ1n) is 12.3. The van der Waals surface area contributed by atoms with Crippen molar-refractivity contribution in [2.45, 2.75) is 23.4 Å². The molecule has 0 amide bonds.